The molecule has 0 unspecified atom stereocenters. The summed E-state index contributed by atoms with van der Waals surface area (Å²) in [7, 11) is 0. The summed E-state index contributed by atoms with van der Waals surface area (Å²) < 4.78 is 0. The van der Waals surface area contributed by atoms with Crippen molar-refractivity contribution in [1.82, 2.24) is 4.98 Å². The van der Waals surface area contributed by atoms with Crippen molar-refractivity contribution >= 4 is 28.2 Å². The average molecular weight is 207 g/mol. The molecule has 2 rings (SSSR count). The molecule has 72 valence electrons. The lowest BCUT2D eigenvalue weighted by atomic mass is 10.2. The normalized spacial score (nSPS) is 10.4. The highest BCUT2D eigenvalue weighted by molar-refractivity contribution is 6.31. The number of rotatable bonds is 2. The number of halogens is 1. The predicted molar refractivity (Wildman–Crippen MR) is 61.7 cm³/mol. The molecule has 0 aliphatic carbocycles. The standard InChI is InChI=1S/C11H11ClN2/c1-7(2)14-11-6-13-10-4-3-8(12)5-9(10)11/h3-6,13-14H,1H2,2H3. The van der Waals surface area contributed by atoms with Crippen molar-refractivity contribution < 1.29 is 0 Å². The van der Waals surface area contributed by atoms with E-state index in [1.165, 1.54) is 0 Å². The van der Waals surface area contributed by atoms with Gasteiger partial charge in [0.25, 0.3) is 0 Å². The van der Waals surface area contributed by atoms with Gasteiger partial charge in [0.05, 0.1) is 5.69 Å². The molecule has 0 amide bonds. The first-order valence-electron chi connectivity index (χ1n) is 4.36. The van der Waals surface area contributed by atoms with Crippen molar-refractivity contribution in [2.75, 3.05) is 5.32 Å². The van der Waals surface area contributed by atoms with Gasteiger partial charge in [-0.3, -0.25) is 0 Å². The summed E-state index contributed by atoms with van der Waals surface area (Å²) in [6, 6.07) is 5.75. The van der Waals surface area contributed by atoms with E-state index >= 15 is 0 Å². The summed E-state index contributed by atoms with van der Waals surface area (Å²) in [5, 5.41) is 4.99. The van der Waals surface area contributed by atoms with Crippen molar-refractivity contribution in [2.24, 2.45) is 0 Å². The first kappa shape index (κ1) is 9.16. The highest BCUT2D eigenvalue weighted by Crippen LogP contribution is 2.26. The van der Waals surface area contributed by atoms with Crippen LogP contribution in [0.1, 0.15) is 6.92 Å². The Labute approximate surface area is 87.6 Å². The number of aromatic amines is 1. The van der Waals surface area contributed by atoms with Gasteiger partial charge in [-0.05, 0) is 25.1 Å². The molecular formula is C11H11ClN2. The largest absolute Gasteiger partial charge is 0.359 e. The first-order valence-corrected chi connectivity index (χ1v) is 4.74. The molecule has 0 aliphatic rings. The van der Waals surface area contributed by atoms with Gasteiger partial charge in [0.2, 0.25) is 0 Å². The Balaban J connectivity index is 2.55. The highest BCUT2D eigenvalue weighted by Gasteiger charge is 2.03. The van der Waals surface area contributed by atoms with Crippen LogP contribution in [0.3, 0.4) is 0 Å². The molecule has 2 nitrogen and oxygen atoms in total. The lowest BCUT2D eigenvalue weighted by Gasteiger charge is -2.02. The maximum absolute atomic E-state index is 5.92. The maximum Gasteiger partial charge on any atom is 0.0639 e. The van der Waals surface area contributed by atoms with Gasteiger partial charge in [0.1, 0.15) is 0 Å². The molecule has 0 spiro atoms. The van der Waals surface area contributed by atoms with Crippen molar-refractivity contribution in [3.63, 3.8) is 0 Å². The molecule has 0 bridgehead atoms. The quantitative estimate of drug-likeness (QED) is 0.769. The van der Waals surface area contributed by atoms with Crippen LogP contribution in [-0.4, -0.2) is 4.98 Å². The minimum atomic E-state index is 0.738. The first-order chi connectivity index (χ1) is 6.66. The van der Waals surface area contributed by atoms with E-state index in [2.05, 4.69) is 16.9 Å². The second kappa shape index (κ2) is 3.39. The van der Waals surface area contributed by atoms with Gasteiger partial charge in [-0.25, -0.2) is 0 Å². The smallest absolute Gasteiger partial charge is 0.0639 e. The van der Waals surface area contributed by atoms with Crippen molar-refractivity contribution in [2.45, 2.75) is 6.92 Å². The van der Waals surface area contributed by atoms with Crippen molar-refractivity contribution in [1.29, 1.82) is 0 Å². The Morgan fingerprint density at radius 1 is 1.50 bits per heavy atom. The lowest BCUT2D eigenvalue weighted by Crippen LogP contribution is -1.91. The molecule has 0 saturated heterocycles. The molecule has 0 radical (unpaired) electrons. The minimum Gasteiger partial charge on any atom is -0.359 e. The van der Waals surface area contributed by atoms with Crippen LogP contribution >= 0.6 is 11.6 Å². The van der Waals surface area contributed by atoms with E-state index in [1.807, 2.05) is 31.3 Å². The Morgan fingerprint density at radius 2 is 2.29 bits per heavy atom. The third kappa shape index (κ3) is 1.61. The van der Waals surface area contributed by atoms with Gasteiger partial charge < -0.3 is 10.3 Å². The van der Waals surface area contributed by atoms with E-state index in [1.54, 1.807) is 0 Å². The monoisotopic (exact) mass is 206 g/mol. The summed E-state index contributed by atoms with van der Waals surface area (Å²) in [5.74, 6) is 0. The molecule has 2 aromatic rings. The fraction of sp³-hybridized carbons (Fsp3) is 0.0909. The number of allylic oxidation sites excluding steroid dienone is 1. The van der Waals surface area contributed by atoms with Gasteiger partial charge in [0.15, 0.2) is 0 Å². The van der Waals surface area contributed by atoms with Gasteiger partial charge in [-0.15, -0.1) is 0 Å². The van der Waals surface area contributed by atoms with Crippen LogP contribution in [0.2, 0.25) is 5.02 Å². The summed E-state index contributed by atoms with van der Waals surface area (Å²) in [5.41, 5.74) is 2.99. The Bertz CT molecular complexity index is 485. The van der Waals surface area contributed by atoms with Gasteiger partial charge in [-0.1, -0.05) is 18.2 Å². The number of nitrogens with one attached hydrogen (secondary N) is 2. The molecule has 14 heavy (non-hydrogen) atoms. The number of anilines is 1. The average Bonchev–Trinajstić information content (AvgIpc) is 2.47. The molecule has 0 saturated carbocycles. The third-order valence-electron chi connectivity index (χ3n) is 1.99. The van der Waals surface area contributed by atoms with Crippen LogP contribution in [0.25, 0.3) is 10.9 Å². The zero-order chi connectivity index (χ0) is 10.1. The number of H-pyrrole nitrogens is 1. The van der Waals surface area contributed by atoms with Gasteiger partial charge >= 0.3 is 0 Å². The van der Waals surface area contributed by atoms with Crippen LogP contribution in [0.15, 0.2) is 36.7 Å². The molecule has 3 heteroatoms. The second-order valence-corrected chi connectivity index (χ2v) is 3.73. The topological polar surface area (TPSA) is 27.8 Å². The minimum absolute atomic E-state index is 0.738. The number of fused-ring (bicyclic) bond motifs is 1. The van der Waals surface area contributed by atoms with Crippen LogP contribution < -0.4 is 5.32 Å². The van der Waals surface area contributed by atoms with Crippen molar-refractivity contribution in [3.8, 4) is 0 Å². The zero-order valence-corrected chi connectivity index (χ0v) is 8.65. The van der Waals surface area contributed by atoms with E-state index < -0.39 is 0 Å². The predicted octanol–water partition coefficient (Wildman–Crippen LogP) is 3.77. The van der Waals surface area contributed by atoms with E-state index in [0.717, 1.165) is 27.3 Å². The van der Waals surface area contributed by atoms with E-state index in [4.69, 9.17) is 11.6 Å². The van der Waals surface area contributed by atoms with E-state index in [9.17, 15) is 0 Å². The molecule has 1 aromatic carbocycles. The van der Waals surface area contributed by atoms with E-state index in [0.29, 0.717) is 0 Å². The summed E-state index contributed by atoms with van der Waals surface area (Å²) in [4.78, 5) is 3.16. The number of hydrogen-bond donors (Lipinski definition) is 2. The molecule has 0 fully saturated rings. The maximum atomic E-state index is 5.92. The molecule has 0 aliphatic heterocycles. The summed E-state index contributed by atoms with van der Waals surface area (Å²) >= 11 is 5.92. The molecule has 2 N–H and O–H groups in total. The Hall–Kier alpha value is -1.41. The summed E-state index contributed by atoms with van der Waals surface area (Å²) in [6.45, 7) is 5.72. The zero-order valence-electron chi connectivity index (χ0n) is 7.89. The lowest BCUT2D eigenvalue weighted by molar-refractivity contribution is 1.39. The number of benzene rings is 1. The Morgan fingerprint density at radius 3 is 3.00 bits per heavy atom. The van der Waals surface area contributed by atoms with Gasteiger partial charge in [-0.2, -0.15) is 0 Å². The molecular weight excluding hydrogens is 196 g/mol. The van der Waals surface area contributed by atoms with Crippen molar-refractivity contribution in [3.05, 3.63) is 41.7 Å². The Kier molecular flexibility index (Phi) is 2.22. The van der Waals surface area contributed by atoms with Crippen LogP contribution in [0.4, 0.5) is 5.69 Å². The fourth-order valence-electron chi connectivity index (χ4n) is 1.43. The highest BCUT2D eigenvalue weighted by atomic mass is 35.5. The molecule has 1 aromatic heterocycles. The fourth-order valence-corrected chi connectivity index (χ4v) is 1.60. The van der Waals surface area contributed by atoms with Crippen LogP contribution in [0.5, 0.6) is 0 Å². The van der Waals surface area contributed by atoms with Gasteiger partial charge in [0, 0.05) is 27.8 Å². The summed E-state index contributed by atoms with van der Waals surface area (Å²) in [6.07, 6.45) is 1.91. The molecule has 0 atom stereocenters. The SMILES string of the molecule is C=C(C)Nc1c[nH]c2ccc(Cl)cc12. The third-order valence-corrected chi connectivity index (χ3v) is 2.23. The van der Waals surface area contributed by atoms with E-state index in [-0.39, 0.29) is 0 Å². The van der Waals surface area contributed by atoms with Crippen LogP contribution in [-0.2, 0) is 0 Å². The number of aromatic nitrogens is 1. The van der Waals surface area contributed by atoms with Crippen LogP contribution in [0, 0.1) is 0 Å². The number of hydrogen-bond acceptors (Lipinski definition) is 1. The second-order valence-electron chi connectivity index (χ2n) is 3.30. The molecule has 1 heterocycles.